The summed E-state index contributed by atoms with van der Waals surface area (Å²) in [4.78, 5) is 22.2. The van der Waals surface area contributed by atoms with Gasteiger partial charge in [0.05, 0.1) is 11.2 Å². The number of hydrogen-bond donors (Lipinski definition) is 0. The minimum absolute atomic E-state index is 0.303. The minimum Gasteiger partial charge on any atom is -0.343 e. The van der Waals surface area contributed by atoms with Crippen molar-refractivity contribution in [3.63, 3.8) is 0 Å². The molecule has 0 radical (unpaired) electrons. The summed E-state index contributed by atoms with van der Waals surface area (Å²) in [5, 5.41) is 0. The molecule has 0 N–H and O–H groups in total. The first kappa shape index (κ1) is 15.4. The van der Waals surface area contributed by atoms with E-state index in [1.54, 1.807) is 11.3 Å². The summed E-state index contributed by atoms with van der Waals surface area (Å²) in [5.41, 5.74) is 2.94. The molecule has 1 aromatic heterocycles. The number of rotatable bonds is 4. The fraction of sp³-hybridized carbons (Fsp3) is 0.733. The van der Waals surface area contributed by atoms with E-state index in [0.29, 0.717) is 18.4 Å². The molecular formula is C15H25N3OS. The Hall–Kier alpha value is -0.940. The summed E-state index contributed by atoms with van der Waals surface area (Å²) in [6.45, 7) is 3.85. The third kappa shape index (κ3) is 4.03. The van der Waals surface area contributed by atoms with Crippen molar-refractivity contribution in [2.45, 2.75) is 45.1 Å². The molecule has 1 saturated heterocycles. The summed E-state index contributed by atoms with van der Waals surface area (Å²) in [7, 11) is 4.27. The van der Waals surface area contributed by atoms with Crippen molar-refractivity contribution < 1.29 is 4.79 Å². The van der Waals surface area contributed by atoms with E-state index in [1.807, 2.05) is 12.4 Å². The molecule has 1 aliphatic heterocycles. The number of amides is 1. The van der Waals surface area contributed by atoms with Gasteiger partial charge in [-0.25, -0.2) is 4.98 Å². The highest BCUT2D eigenvalue weighted by Crippen LogP contribution is 2.18. The summed E-state index contributed by atoms with van der Waals surface area (Å²) in [6.07, 6.45) is 4.87. The number of thiazole rings is 1. The first-order chi connectivity index (χ1) is 9.58. The van der Waals surface area contributed by atoms with Crippen molar-refractivity contribution in [1.82, 2.24) is 14.8 Å². The lowest BCUT2D eigenvalue weighted by molar-refractivity contribution is -0.131. The molecule has 0 aromatic carbocycles. The van der Waals surface area contributed by atoms with Gasteiger partial charge in [0.1, 0.15) is 0 Å². The van der Waals surface area contributed by atoms with Gasteiger partial charge in [-0.2, -0.15) is 0 Å². The molecule has 1 fully saturated rings. The molecule has 1 amide bonds. The molecule has 1 atom stereocenters. The Morgan fingerprint density at radius 1 is 1.45 bits per heavy atom. The van der Waals surface area contributed by atoms with Gasteiger partial charge >= 0.3 is 0 Å². The van der Waals surface area contributed by atoms with Crippen LogP contribution in [-0.4, -0.2) is 53.9 Å². The lowest BCUT2D eigenvalue weighted by Crippen LogP contribution is -2.33. The quantitative estimate of drug-likeness (QED) is 0.855. The number of likely N-dealkylation sites (tertiary alicyclic amines) is 1. The fourth-order valence-corrected chi connectivity index (χ4v) is 3.57. The van der Waals surface area contributed by atoms with Crippen molar-refractivity contribution in [2.75, 3.05) is 27.2 Å². The number of aryl methyl sites for hydroxylation is 2. The second kappa shape index (κ2) is 7.18. The highest BCUT2D eigenvalue weighted by molar-refractivity contribution is 7.09. The van der Waals surface area contributed by atoms with E-state index in [4.69, 9.17) is 0 Å². The van der Waals surface area contributed by atoms with Gasteiger partial charge in [0.25, 0.3) is 0 Å². The SMILES string of the molecule is Cc1ncsc1CCC(=O)N1CCC[C@@H](N(C)C)CC1. The van der Waals surface area contributed by atoms with Crippen LogP contribution in [0.1, 0.15) is 36.3 Å². The molecule has 0 unspecified atom stereocenters. The molecule has 1 aliphatic rings. The molecule has 0 bridgehead atoms. The zero-order chi connectivity index (χ0) is 14.5. The number of nitrogens with zero attached hydrogens (tertiary/aromatic N) is 3. The van der Waals surface area contributed by atoms with Gasteiger partial charge in [0, 0.05) is 30.4 Å². The zero-order valence-corrected chi connectivity index (χ0v) is 13.6. The second-order valence-corrected chi connectivity index (χ2v) is 6.73. The van der Waals surface area contributed by atoms with E-state index in [1.165, 1.54) is 11.3 Å². The number of carbonyl (C=O) groups is 1. The van der Waals surface area contributed by atoms with Gasteiger partial charge in [-0.15, -0.1) is 11.3 Å². The maximum absolute atomic E-state index is 12.3. The van der Waals surface area contributed by atoms with Crippen LogP contribution < -0.4 is 0 Å². The molecule has 20 heavy (non-hydrogen) atoms. The molecule has 5 heteroatoms. The van der Waals surface area contributed by atoms with E-state index in [9.17, 15) is 4.79 Å². The molecular weight excluding hydrogens is 270 g/mol. The molecule has 0 saturated carbocycles. The summed E-state index contributed by atoms with van der Waals surface area (Å²) in [6, 6.07) is 0.622. The molecule has 0 aliphatic carbocycles. The Labute approximate surface area is 125 Å². The van der Waals surface area contributed by atoms with Crippen LogP contribution in [0.2, 0.25) is 0 Å². The number of carbonyl (C=O) groups excluding carboxylic acids is 1. The average molecular weight is 295 g/mol. The third-order valence-electron chi connectivity index (χ3n) is 4.19. The third-order valence-corrected chi connectivity index (χ3v) is 5.19. The van der Waals surface area contributed by atoms with Crippen LogP contribution in [0, 0.1) is 6.92 Å². The Kier molecular flexibility index (Phi) is 5.54. The topological polar surface area (TPSA) is 36.4 Å². The molecule has 1 aromatic rings. The summed E-state index contributed by atoms with van der Waals surface area (Å²) >= 11 is 1.66. The molecule has 112 valence electrons. The lowest BCUT2D eigenvalue weighted by Gasteiger charge is -2.23. The van der Waals surface area contributed by atoms with Crippen LogP contribution in [0.15, 0.2) is 5.51 Å². The van der Waals surface area contributed by atoms with Gasteiger partial charge in [0.2, 0.25) is 5.91 Å². The lowest BCUT2D eigenvalue weighted by atomic mass is 10.1. The number of hydrogen-bond acceptors (Lipinski definition) is 4. The Bertz CT molecular complexity index is 444. The van der Waals surface area contributed by atoms with E-state index >= 15 is 0 Å². The largest absolute Gasteiger partial charge is 0.343 e. The minimum atomic E-state index is 0.303. The zero-order valence-electron chi connectivity index (χ0n) is 12.8. The van der Waals surface area contributed by atoms with Crippen LogP contribution >= 0.6 is 11.3 Å². The summed E-state index contributed by atoms with van der Waals surface area (Å²) < 4.78 is 0. The fourth-order valence-electron chi connectivity index (χ4n) is 2.79. The van der Waals surface area contributed by atoms with Crippen molar-refractivity contribution in [2.24, 2.45) is 0 Å². The van der Waals surface area contributed by atoms with E-state index in [2.05, 4.69) is 28.9 Å². The first-order valence-corrected chi connectivity index (χ1v) is 8.29. The molecule has 0 spiro atoms. The summed E-state index contributed by atoms with van der Waals surface area (Å²) in [5.74, 6) is 0.303. The predicted octanol–water partition coefficient (Wildman–Crippen LogP) is 2.33. The van der Waals surface area contributed by atoms with Crippen LogP contribution in [0.5, 0.6) is 0 Å². The Balaban J connectivity index is 1.82. The van der Waals surface area contributed by atoms with E-state index in [-0.39, 0.29) is 0 Å². The van der Waals surface area contributed by atoms with Crippen molar-refractivity contribution in [3.05, 3.63) is 16.1 Å². The van der Waals surface area contributed by atoms with Gasteiger partial charge in [-0.05, 0) is 46.7 Å². The van der Waals surface area contributed by atoms with Crippen LogP contribution in [0.25, 0.3) is 0 Å². The first-order valence-electron chi connectivity index (χ1n) is 7.41. The average Bonchev–Trinajstić information content (AvgIpc) is 2.67. The highest BCUT2D eigenvalue weighted by Gasteiger charge is 2.21. The highest BCUT2D eigenvalue weighted by atomic mass is 32.1. The Morgan fingerprint density at radius 3 is 2.90 bits per heavy atom. The van der Waals surface area contributed by atoms with Crippen molar-refractivity contribution in [3.8, 4) is 0 Å². The van der Waals surface area contributed by atoms with Gasteiger partial charge in [-0.3, -0.25) is 4.79 Å². The maximum Gasteiger partial charge on any atom is 0.222 e. The normalized spacial score (nSPS) is 20.2. The van der Waals surface area contributed by atoms with E-state index in [0.717, 1.165) is 38.0 Å². The monoisotopic (exact) mass is 295 g/mol. The van der Waals surface area contributed by atoms with Crippen LogP contribution in [-0.2, 0) is 11.2 Å². The second-order valence-electron chi connectivity index (χ2n) is 5.79. The van der Waals surface area contributed by atoms with Gasteiger partial charge < -0.3 is 9.80 Å². The van der Waals surface area contributed by atoms with Crippen molar-refractivity contribution in [1.29, 1.82) is 0 Å². The predicted molar refractivity (Wildman–Crippen MR) is 83.1 cm³/mol. The van der Waals surface area contributed by atoms with Gasteiger partial charge in [-0.1, -0.05) is 0 Å². The standard InChI is InChI=1S/C15H25N3OS/c1-12-14(20-11-16-12)6-7-15(19)18-9-4-5-13(8-10-18)17(2)3/h11,13H,4-10H2,1-3H3/t13-/m1/s1. The van der Waals surface area contributed by atoms with Crippen molar-refractivity contribution >= 4 is 17.2 Å². The van der Waals surface area contributed by atoms with Gasteiger partial charge in [0.15, 0.2) is 0 Å². The van der Waals surface area contributed by atoms with Crippen LogP contribution in [0.3, 0.4) is 0 Å². The smallest absolute Gasteiger partial charge is 0.222 e. The molecule has 4 nitrogen and oxygen atoms in total. The molecule has 2 rings (SSSR count). The van der Waals surface area contributed by atoms with Crippen LogP contribution in [0.4, 0.5) is 0 Å². The Morgan fingerprint density at radius 2 is 2.25 bits per heavy atom. The maximum atomic E-state index is 12.3. The number of aromatic nitrogens is 1. The molecule has 2 heterocycles. The van der Waals surface area contributed by atoms with E-state index < -0.39 is 0 Å².